The fourth-order valence-electron chi connectivity index (χ4n) is 1.27. The van der Waals surface area contributed by atoms with E-state index in [1.165, 1.54) is 11.8 Å². The molecule has 0 bridgehead atoms. The van der Waals surface area contributed by atoms with Crippen molar-refractivity contribution in [2.45, 2.75) is 4.90 Å². The van der Waals surface area contributed by atoms with Crippen molar-refractivity contribution in [3.05, 3.63) is 17.2 Å². The predicted molar refractivity (Wildman–Crippen MR) is 58.8 cm³/mol. The molecule has 0 fully saturated rings. The number of nitrogens with zero attached hydrogens (tertiary/aromatic N) is 1. The lowest BCUT2D eigenvalue weighted by atomic mass is 10.3. The third-order valence-electron chi connectivity index (χ3n) is 1.89. The maximum atomic E-state index is 8.49. The maximum absolute atomic E-state index is 8.49. The van der Waals surface area contributed by atoms with Gasteiger partial charge in [-0.25, -0.2) is 0 Å². The first-order valence-electron chi connectivity index (χ1n) is 4.40. The minimum Gasteiger partial charge on any atom is -0.486 e. The highest BCUT2D eigenvalue weighted by Gasteiger charge is 2.14. The summed E-state index contributed by atoms with van der Waals surface area (Å²) in [6, 6.07) is 5.61. The Hall–Kier alpha value is -1.05. The normalized spacial score (nSPS) is 13.3. The molecule has 0 spiro atoms. The van der Waals surface area contributed by atoms with Crippen molar-refractivity contribution in [2.75, 3.05) is 19.0 Å². The van der Waals surface area contributed by atoms with Gasteiger partial charge in [-0.1, -0.05) is 11.6 Å². The van der Waals surface area contributed by atoms with Crippen LogP contribution in [0.3, 0.4) is 0 Å². The zero-order valence-corrected chi connectivity index (χ0v) is 9.40. The molecule has 0 aliphatic carbocycles. The second kappa shape index (κ2) is 4.65. The summed E-state index contributed by atoms with van der Waals surface area (Å²) in [6.45, 7) is 1.10. The van der Waals surface area contributed by atoms with E-state index >= 15 is 0 Å². The summed E-state index contributed by atoms with van der Waals surface area (Å²) in [5.41, 5.74) is 0. The lowest BCUT2D eigenvalue weighted by molar-refractivity contribution is 0.171. The zero-order chi connectivity index (χ0) is 10.7. The SMILES string of the molecule is N#CCSc1cc2c(cc1Cl)OCCO2. The molecule has 0 unspecified atom stereocenters. The van der Waals surface area contributed by atoms with Crippen LogP contribution in [0.15, 0.2) is 17.0 Å². The lowest BCUT2D eigenvalue weighted by Crippen LogP contribution is -2.15. The second-order valence-electron chi connectivity index (χ2n) is 2.87. The molecule has 1 aliphatic heterocycles. The van der Waals surface area contributed by atoms with Crippen LogP contribution in [-0.2, 0) is 0 Å². The monoisotopic (exact) mass is 241 g/mol. The standard InChI is InChI=1S/C10H8ClNO2S/c11-7-5-8-9(14-3-2-13-8)6-10(7)15-4-1-12/h5-6H,2-4H2. The van der Waals surface area contributed by atoms with Crippen molar-refractivity contribution in [2.24, 2.45) is 0 Å². The van der Waals surface area contributed by atoms with E-state index in [0.29, 0.717) is 35.5 Å². The molecule has 0 aromatic heterocycles. The number of halogens is 1. The highest BCUT2D eigenvalue weighted by atomic mass is 35.5. The third kappa shape index (κ3) is 2.31. The fraction of sp³-hybridized carbons (Fsp3) is 0.300. The molecule has 15 heavy (non-hydrogen) atoms. The molecule has 0 saturated carbocycles. The molecular formula is C10H8ClNO2S. The fourth-order valence-corrected chi connectivity index (χ4v) is 2.19. The zero-order valence-electron chi connectivity index (χ0n) is 7.83. The van der Waals surface area contributed by atoms with Crippen LogP contribution >= 0.6 is 23.4 Å². The number of fused-ring (bicyclic) bond motifs is 1. The Balaban J connectivity index is 2.28. The van der Waals surface area contributed by atoms with Crippen LogP contribution in [-0.4, -0.2) is 19.0 Å². The smallest absolute Gasteiger partial charge is 0.162 e. The van der Waals surface area contributed by atoms with Gasteiger partial charge in [0.05, 0.1) is 16.8 Å². The highest BCUT2D eigenvalue weighted by molar-refractivity contribution is 7.99. The third-order valence-corrected chi connectivity index (χ3v) is 3.24. The van der Waals surface area contributed by atoms with Crippen molar-refractivity contribution >= 4 is 23.4 Å². The van der Waals surface area contributed by atoms with E-state index in [0.717, 1.165) is 4.90 Å². The van der Waals surface area contributed by atoms with Crippen molar-refractivity contribution < 1.29 is 9.47 Å². The van der Waals surface area contributed by atoms with Gasteiger partial charge >= 0.3 is 0 Å². The van der Waals surface area contributed by atoms with Gasteiger partial charge in [0.25, 0.3) is 0 Å². The lowest BCUT2D eigenvalue weighted by Gasteiger charge is -2.19. The van der Waals surface area contributed by atoms with E-state index in [1.807, 2.05) is 6.07 Å². The Morgan fingerprint density at radius 1 is 1.33 bits per heavy atom. The molecule has 1 aromatic carbocycles. The van der Waals surface area contributed by atoms with Crippen LogP contribution < -0.4 is 9.47 Å². The summed E-state index contributed by atoms with van der Waals surface area (Å²) in [6.07, 6.45) is 0. The second-order valence-corrected chi connectivity index (χ2v) is 4.30. The van der Waals surface area contributed by atoms with Crippen LogP contribution in [0.5, 0.6) is 11.5 Å². The van der Waals surface area contributed by atoms with Gasteiger partial charge < -0.3 is 9.47 Å². The molecule has 0 radical (unpaired) electrons. The molecule has 3 nitrogen and oxygen atoms in total. The minimum atomic E-state index is 0.374. The van der Waals surface area contributed by atoms with Crippen molar-refractivity contribution in [1.29, 1.82) is 5.26 Å². The molecule has 1 heterocycles. The molecule has 5 heteroatoms. The van der Waals surface area contributed by atoms with Crippen LogP contribution in [0.2, 0.25) is 5.02 Å². The average Bonchev–Trinajstić information content (AvgIpc) is 2.26. The maximum Gasteiger partial charge on any atom is 0.162 e. The topological polar surface area (TPSA) is 42.2 Å². The van der Waals surface area contributed by atoms with Crippen molar-refractivity contribution in [3.63, 3.8) is 0 Å². The Bertz CT molecular complexity index is 417. The average molecular weight is 242 g/mol. The van der Waals surface area contributed by atoms with E-state index in [2.05, 4.69) is 6.07 Å². The summed E-state index contributed by atoms with van der Waals surface area (Å²) in [7, 11) is 0. The summed E-state index contributed by atoms with van der Waals surface area (Å²) in [4.78, 5) is 0.850. The Morgan fingerprint density at radius 3 is 2.67 bits per heavy atom. The first-order chi connectivity index (χ1) is 7.31. The Morgan fingerprint density at radius 2 is 2.00 bits per heavy atom. The highest BCUT2D eigenvalue weighted by Crippen LogP contribution is 2.39. The molecule has 0 saturated heterocycles. The minimum absolute atomic E-state index is 0.374. The van der Waals surface area contributed by atoms with Gasteiger partial charge in [0.1, 0.15) is 13.2 Å². The van der Waals surface area contributed by atoms with Gasteiger partial charge in [0, 0.05) is 11.0 Å². The molecule has 1 aliphatic rings. The summed E-state index contributed by atoms with van der Waals surface area (Å²) in [5, 5.41) is 9.08. The first-order valence-corrected chi connectivity index (χ1v) is 5.76. The number of thioether (sulfide) groups is 1. The van der Waals surface area contributed by atoms with Crippen LogP contribution in [0.1, 0.15) is 0 Å². The largest absolute Gasteiger partial charge is 0.486 e. The van der Waals surface area contributed by atoms with Crippen LogP contribution in [0.25, 0.3) is 0 Å². The molecular weight excluding hydrogens is 234 g/mol. The molecule has 78 valence electrons. The van der Waals surface area contributed by atoms with E-state index in [4.69, 9.17) is 26.3 Å². The number of ether oxygens (including phenoxy) is 2. The Kier molecular flexibility index (Phi) is 3.24. The molecule has 1 aromatic rings. The van der Waals surface area contributed by atoms with Crippen LogP contribution in [0, 0.1) is 11.3 Å². The van der Waals surface area contributed by atoms with Crippen LogP contribution in [0.4, 0.5) is 0 Å². The van der Waals surface area contributed by atoms with E-state index in [1.54, 1.807) is 6.07 Å². The van der Waals surface area contributed by atoms with Gasteiger partial charge in [0.15, 0.2) is 11.5 Å². The van der Waals surface area contributed by atoms with Gasteiger partial charge in [-0.05, 0) is 6.07 Å². The Labute approximate surface area is 96.9 Å². The van der Waals surface area contributed by atoms with Gasteiger partial charge in [-0.3, -0.25) is 0 Å². The summed E-state index contributed by atoms with van der Waals surface area (Å²) >= 11 is 7.42. The molecule has 0 N–H and O–H groups in total. The van der Waals surface area contributed by atoms with Gasteiger partial charge in [-0.2, -0.15) is 5.26 Å². The van der Waals surface area contributed by atoms with E-state index in [-0.39, 0.29) is 0 Å². The van der Waals surface area contributed by atoms with Gasteiger partial charge in [-0.15, -0.1) is 11.8 Å². The number of nitriles is 1. The summed E-state index contributed by atoms with van der Waals surface area (Å²) in [5.74, 6) is 1.75. The number of hydrogen-bond acceptors (Lipinski definition) is 4. The number of rotatable bonds is 2. The predicted octanol–water partition coefficient (Wildman–Crippen LogP) is 2.73. The van der Waals surface area contributed by atoms with E-state index in [9.17, 15) is 0 Å². The van der Waals surface area contributed by atoms with Gasteiger partial charge in [0.2, 0.25) is 0 Å². The first kappa shape index (κ1) is 10.5. The number of benzene rings is 1. The molecule has 0 amide bonds. The van der Waals surface area contributed by atoms with Crippen molar-refractivity contribution in [1.82, 2.24) is 0 Å². The summed E-state index contributed by atoms with van der Waals surface area (Å²) < 4.78 is 10.8. The quantitative estimate of drug-likeness (QED) is 0.747. The molecule has 0 atom stereocenters. The number of hydrogen-bond donors (Lipinski definition) is 0. The van der Waals surface area contributed by atoms with Crippen molar-refractivity contribution in [3.8, 4) is 17.6 Å². The van der Waals surface area contributed by atoms with E-state index < -0.39 is 0 Å². The molecule has 2 rings (SSSR count).